The van der Waals surface area contributed by atoms with Crippen molar-refractivity contribution in [3.05, 3.63) is 87.0 Å². The van der Waals surface area contributed by atoms with E-state index in [0.717, 1.165) is 57.4 Å². The van der Waals surface area contributed by atoms with Gasteiger partial charge in [0.2, 0.25) is 0 Å². The molecular weight excluding hydrogens is 448 g/mol. The van der Waals surface area contributed by atoms with Crippen LogP contribution in [0.25, 0.3) is 22.0 Å². The molecule has 0 saturated heterocycles. The monoisotopic (exact) mass is 474 g/mol. The largest absolute Gasteiger partial charge is 0.494 e. The Kier molecular flexibility index (Phi) is 6.65. The second-order valence-corrected chi connectivity index (χ2v) is 10.0. The first-order valence-corrected chi connectivity index (χ1v) is 13.2. The van der Waals surface area contributed by atoms with Gasteiger partial charge in [-0.2, -0.15) is 0 Å². The van der Waals surface area contributed by atoms with Crippen molar-refractivity contribution in [3.8, 4) is 11.4 Å². The number of thiophene rings is 1. The van der Waals surface area contributed by atoms with E-state index in [2.05, 4.69) is 24.3 Å². The molecule has 2 aromatic heterocycles. The summed E-state index contributed by atoms with van der Waals surface area (Å²) in [5.41, 5.74) is 3.25. The summed E-state index contributed by atoms with van der Waals surface area (Å²) in [6, 6.07) is 18.0. The minimum Gasteiger partial charge on any atom is -0.494 e. The molecule has 2 heterocycles. The average Bonchev–Trinajstić information content (AvgIpc) is 3.22. The van der Waals surface area contributed by atoms with Crippen LogP contribution in [-0.4, -0.2) is 21.9 Å². The van der Waals surface area contributed by atoms with Crippen LogP contribution in [0.3, 0.4) is 0 Å². The van der Waals surface area contributed by atoms with Crippen molar-refractivity contribution in [2.75, 3.05) is 12.4 Å². The molecule has 1 aliphatic rings. The summed E-state index contributed by atoms with van der Waals surface area (Å²) >= 11 is 3.29. The van der Waals surface area contributed by atoms with E-state index in [9.17, 15) is 4.79 Å². The normalized spacial score (nSPS) is 13.5. The maximum absolute atomic E-state index is 13.8. The summed E-state index contributed by atoms with van der Waals surface area (Å²) in [6.07, 6.45) is 8.59. The Morgan fingerprint density at radius 1 is 1.09 bits per heavy atom. The molecule has 0 saturated carbocycles. The lowest BCUT2D eigenvalue weighted by Crippen LogP contribution is -2.22. The van der Waals surface area contributed by atoms with Gasteiger partial charge in [0.05, 0.1) is 17.7 Å². The molecule has 0 spiro atoms. The van der Waals surface area contributed by atoms with Crippen LogP contribution in [0.2, 0.25) is 0 Å². The van der Waals surface area contributed by atoms with Crippen LogP contribution < -0.4 is 10.3 Å². The van der Waals surface area contributed by atoms with Crippen LogP contribution >= 0.6 is 23.1 Å². The molecular formula is C27H26N2O2S2. The Balaban J connectivity index is 1.55. The molecule has 4 aromatic rings. The van der Waals surface area contributed by atoms with Crippen molar-refractivity contribution in [2.24, 2.45) is 0 Å². The van der Waals surface area contributed by atoms with Gasteiger partial charge in [-0.05, 0) is 68.0 Å². The van der Waals surface area contributed by atoms with Gasteiger partial charge in [-0.25, -0.2) is 4.98 Å². The average molecular weight is 475 g/mol. The number of nitrogens with zero attached hydrogens (tertiary/aromatic N) is 2. The number of rotatable bonds is 7. The van der Waals surface area contributed by atoms with Crippen molar-refractivity contribution in [3.63, 3.8) is 0 Å². The highest BCUT2D eigenvalue weighted by molar-refractivity contribution is 7.99. The van der Waals surface area contributed by atoms with Gasteiger partial charge >= 0.3 is 0 Å². The third kappa shape index (κ3) is 4.63. The Hall–Kier alpha value is -2.83. The Bertz CT molecular complexity index is 1340. The first-order valence-electron chi connectivity index (χ1n) is 11.4. The summed E-state index contributed by atoms with van der Waals surface area (Å²) in [7, 11) is 0. The van der Waals surface area contributed by atoms with Crippen LogP contribution in [0.15, 0.2) is 70.6 Å². The van der Waals surface area contributed by atoms with Crippen molar-refractivity contribution < 1.29 is 4.74 Å². The number of hydrogen-bond donors (Lipinski definition) is 0. The van der Waals surface area contributed by atoms with Gasteiger partial charge in [-0.3, -0.25) is 9.36 Å². The quantitative estimate of drug-likeness (QED) is 0.226. The highest BCUT2D eigenvalue weighted by Crippen LogP contribution is 2.35. The van der Waals surface area contributed by atoms with Gasteiger partial charge in [0, 0.05) is 10.6 Å². The van der Waals surface area contributed by atoms with Gasteiger partial charge in [0.1, 0.15) is 10.6 Å². The lowest BCUT2D eigenvalue weighted by atomic mass is 9.97. The first kappa shape index (κ1) is 22.0. The molecule has 0 amide bonds. The molecule has 5 rings (SSSR count). The predicted octanol–water partition coefficient (Wildman–Crippen LogP) is 6.53. The standard InChI is InChI=1S/C27H26N2O2S2/c1-2-31-21-16-14-20(15-17-21)29-26(30)24-22-12-6-7-13-23(22)33-25(24)28-27(29)32-18-8-11-19-9-4-3-5-10-19/h3-5,8-11,14-17H,2,6-7,12-13,18H2,1H3/b11-8+. The van der Waals surface area contributed by atoms with Crippen LogP contribution in [-0.2, 0) is 12.8 Å². The van der Waals surface area contributed by atoms with Gasteiger partial charge in [0.25, 0.3) is 5.56 Å². The fourth-order valence-corrected chi connectivity index (χ4v) is 6.36. The zero-order valence-corrected chi connectivity index (χ0v) is 20.3. The summed E-state index contributed by atoms with van der Waals surface area (Å²) in [5, 5.41) is 1.54. The molecule has 0 N–H and O–H groups in total. The number of fused-ring (bicyclic) bond motifs is 3. The van der Waals surface area contributed by atoms with Crippen LogP contribution in [0.4, 0.5) is 0 Å². The highest BCUT2D eigenvalue weighted by Gasteiger charge is 2.22. The summed E-state index contributed by atoms with van der Waals surface area (Å²) in [4.78, 5) is 21.0. The highest BCUT2D eigenvalue weighted by atomic mass is 32.2. The van der Waals surface area contributed by atoms with Crippen molar-refractivity contribution in [1.82, 2.24) is 9.55 Å². The second kappa shape index (κ2) is 9.98. The van der Waals surface area contributed by atoms with Gasteiger partial charge < -0.3 is 4.74 Å². The summed E-state index contributed by atoms with van der Waals surface area (Å²) in [5.74, 6) is 1.53. The summed E-state index contributed by atoms with van der Waals surface area (Å²) < 4.78 is 7.37. The van der Waals surface area contributed by atoms with Crippen LogP contribution in [0.5, 0.6) is 5.75 Å². The van der Waals surface area contributed by atoms with Crippen molar-refractivity contribution in [2.45, 2.75) is 37.8 Å². The summed E-state index contributed by atoms with van der Waals surface area (Å²) in [6.45, 7) is 2.58. The van der Waals surface area contributed by atoms with E-state index in [0.29, 0.717) is 6.61 Å². The molecule has 4 nitrogen and oxygen atoms in total. The molecule has 6 heteroatoms. The molecule has 0 radical (unpaired) electrons. The number of ether oxygens (including phenoxy) is 1. The van der Waals surface area contributed by atoms with Gasteiger partial charge in [-0.15, -0.1) is 11.3 Å². The zero-order valence-electron chi connectivity index (χ0n) is 18.6. The second-order valence-electron chi connectivity index (χ2n) is 7.98. The SMILES string of the molecule is CCOc1ccc(-n2c(SC/C=C/c3ccccc3)nc3sc4c(c3c2=O)CCCC4)cc1. The number of aryl methyl sites for hydroxylation is 2. The Morgan fingerprint density at radius 3 is 2.67 bits per heavy atom. The number of hydrogen-bond acceptors (Lipinski definition) is 5. The number of benzene rings is 2. The van der Waals surface area contributed by atoms with Crippen molar-refractivity contribution >= 4 is 39.4 Å². The Morgan fingerprint density at radius 2 is 1.88 bits per heavy atom. The molecule has 0 unspecified atom stereocenters. The molecule has 2 aromatic carbocycles. The minimum absolute atomic E-state index is 0.0399. The van der Waals surface area contributed by atoms with E-state index in [1.165, 1.54) is 16.9 Å². The van der Waals surface area contributed by atoms with Gasteiger partial charge in [-0.1, -0.05) is 54.2 Å². The van der Waals surface area contributed by atoms with E-state index in [-0.39, 0.29) is 5.56 Å². The molecule has 0 atom stereocenters. The molecule has 168 valence electrons. The topological polar surface area (TPSA) is 44.1 Å². The Labute approximate surface area is 202 Å². The molecule has 0 bridgehead atoms. The maximum Gasteiger partial charge on any atom is 0.267 e. The third-order valence-electron chi connectivity index (χ3n) is 5.78. The van der Waals surface area contributed by atoms with E-state index in [1.807, 2.05) is 49.4 Å². The maximum atomic E-state index is 13.8. The molecule has 33 heavy (non-hydrogen) atoms. The smallest absolute Gasteiger partial charge is 0.267 e. The predicted molar refractivity (Wildman–Crippen MR) is 139 cm³/mol. The lowest BCUT2D eigenvalue weighted by Gasteiger charge is -2.14. The van der Waals surface area contributed by atoms with Crippen LogP contribution in [0, 0.1) is 0 Å². The molecule has 0 fully saturated rings. The van der Waals surface area contributed by atoms with E-state index < -0.39 is 0 Å². The first-order chi connectivity index (χ1) is 16.2. The third-order valence-corrected chi connectivity index (χ3v) is 7.86. The van der Waals surface area contributed by atoms with Crippen molar-refractivity contribution in [1.29, 1.82) is 0 Å². The molecule has 0 aliphatic heterocycles. The lowest BCUT2D eigenvalue weighted by molar-refractivity contribution is 0.340. The van der Waals surface area contributed by atoms with E-state index >= 15 is 0 Å². The van der Waals surface area contributed by atoms with Gasteiger partial charge in [0.15, 0.2) is 5.16 Å². The zero-order chi connectivity index (χ0) is 22.6. The van der Waals surface area contributed by atoms with E-state index in [4.69, 9.17) is 9.72 Å². The fourth-order valence-electron chi connectivity index (χ4n) is 4.24. The van der Waals surface area contributed by atoms with Crippen LogP contribution in [0.1, 0.15) is 35.8 Å². The molecule has 1 aliphatic carbocycles. The number of aromatic nitrogens is 2. The fraction of sp³-hybridized carbons (Fsp3) is 0.259. The minimum atomic E-state index is 0.0399. The van der Waals surface area contributed by atoms with E-state index in [1.54, 1.807) is 27.7 Å². The number of thioether (sulfide) groups is 1.